The Labute approximate surface area is 74.7 Å². The summed E-state index contributed by atoms with van der Waals surface area (Å²) in [4.78, 5) is 13.5. The highest BCUT2D eigenvalue weighted by Gasteiger charge is 2.14. The molecule has 1 aromatic carbocycles. The standard InChI is InChI=1S/C10H7NO2/c12-10(13)9-8-4-2-1-3-7(8)5-6-11-9/h1-6H,(H,12,13)/p+1. The Morgan fingerprint density at radius 2 is 2.00 bits per heavy atom. The molecule has 3 nitrogen and oxygen atoms in total. The Morgan fingerprint density at radius 1 is 1.23 bits per heavy atom. The van der Waals surface area contributed by atoms with Gasteiger partial charge >= 0.3 is 5.97 Å². The van der Waals surface area contributed by atoms with Crippen molar-refractivity contribution in [3.8, 4) is 0 Å². The van der Waals surface area contributed by atoms with Gasteiger partial charge in [0.05, 0.1) is 5.39 Å². The summed E-state index contributed by atoms with van der Waals surface area (Å²) in [5.74, 6) is -0.934. The van der Waals surface area contributed by atoms with Crippen molar-refractivity contribution in [1.82, 2.24) is 0 Å². The molecular weight excluding hydrogens is 166 g/mol. The molecule has 2 N–H and O–H groups in total. The molecular formula is C10H8NO2+. The van der Waals surface area contributed by atoms with Gasteiger partial charge in [-0.25, -0.2) is 9.78 Å². The Bertz CT molecular complexity index is 460. The Kier molecular flexibility index (Phi) is 1.70. The molecule has 1 aromatic heterocycles. The van der Waals surface area contributed by atoms with E-state index in [-0.39, 0.29) is 5.69 Å². The molecule has 0 amide bonds. The lowest BCUT2D eigenvalue weighted by Crippen LogP contribution is -2.16. The molecule has 0 aliphatic heterocycles. The molecule has 0 radical (unpaired) electrons. The number of fused-ring (bicyclic) bond motifs is 1. The Hall–Kier alpha value is -1.90. The predicted octanol–water partition coefficient (Wildman–Crippen LogP) is 1.35. The molecule has 0 aliphatic rings. The quantitative estimate of drug-likeness (QED) is 0.709. The lowest BCUT2D eigenvalue weighted by atomic mass is 10.1. The van der Waals surface area contributed by atoms with Crippen LogP contribution in [0.25, 0.3) is 10.8 Å². The van der Waals surface area contributed by atoms with E-state index in [1.807, 2.05) is 24.3 Å². The SMILES string of the molecule is O=C(O)c1[nH+]ccc2ccccc12. The van der Waals surface area contributed by atoms with Crippen molar-refractivity contribution in [3.63, 3.8) is 0 Å². The van der Waals surface area contributed by atoms with Crippen LogP contribution in [0.4, 0.5) is 0 Å². The van der Waals surface area contributed by atoms with Crippen LogP contribution in [0, 0.1) is 0 Å². The molecule has 3 heteroatoms. The zero-order valence-corrected chi connectivity index (χ0v) is 6.82. The van der Waals surface area contributed by atoms with Crippen molar-refractivity contribution < 1.29 is 14.9 Å². The van der Waals surface area contributed by atoms with Crippen molar-refractivity contribution >= 4 is 16.7 Å². The van der Waals surface area contributed by atoms with Crippen LogP contribution in [0.1, 0.15) is 10.5 Å². The zero-order chi connectivity index (χ0) is 9.26. The summed E-state index contributed by atoms with van der Waals surface area (Å²) in [6.07, 6.45) is 1.63. The van der Waals surface area contributed by atoms with E-state index in [9.17, 15) is 4.79 Å². The van der Waals surface area contributed by atoms with Crippen LogP contribution in [0.3, 0.4) is 0 Å². The average molecular weight is 174 g/mol. The number of aromatic carboxylic acids is 1. The number of hydrogen-bond donors (Lipinski definition) is 1. The van der Waals surface area contributed by atoms with Gasteiger partial charge in [0, 0.05) is 6.07 Å². The first-order valence-corrected chi connectivity index (χ1v) is 3.92. The molecule has 2 rings (SSSR count). The van der Waals surface area contributed by atoms with Crippen LogP contribution < -0.4 is 4.98 Å². The Balaban J connectivity index is 2.83. The molecule has 0 saturated carbocycles. The summed E-state index contributed by atoms with van der Waals surface area (Å²) in [5, 5.41) is 10.5. The van der Waals surface area contributed by atoms with Crippen LogP contribution in [-0.4, -0.2) is 11.1 Å². The van der Waals surface area contributed by atoms with Gasteiger partial charge in [-0.1, -0.05) is 18.2 Å². The van der Waals surface area contributed by atoms with Crippen molar-refractivity contribution in [2.75, 3.05) is 0 Å². The number of aromatic amines is 1. The molecule has 2 aromatic rings. The topological polar surface area (TPSA) is 51.4 Å². The third kappa shape index (κ3) is 1.24. The fraction of sp³-hybridized carbons (Fsp3) is 0. The molecule has 0 unspecified atom stereocenters. The summed E-state index contributed by atoms with van der Waals surface area (Å²) in [6.45, 7) is 0. The van der Waals surface area contributed by atoms with Gasteiger partial charge in [0.1, 0.15) is 0 Å². The third-order valence-electron chi connectivity index (χ3n) is 1.93. The second kappa shape index (κ2) is 2.86. The van der Waals surface area contributed by atoms with Gasteiger partial charge in [0.15, 0.2) is 6.20 Å². The zero-order valence-electron chi connectivity index (χ0n) is 6.82. The van der Waals surface area contributed by atoms with Gasteiger partial charge in [-0.3, -0.25) is 0 Å². The van der Waals surface area contributed by atoms with Crippen molar-refractivity contribution in [2.24, 2.45) is 0 Å². The maximum absolute atomic E-state index is 10.8. The largest absolute Gasteiger partial charge is 0.473 e. The second-order valence-electron chi connectivity index (χ2n) is 2.75. The summed E-state index contributed by atoms with van der Waals surface area (Å²) < 4.78 is 0. The molecule has 0 saturated heterocycles. The van der Waals surface area contributed by atoms with E-state index >= 15 is 0 Å². The number of pyridine rings is 1. The maximum Gasteiger partial charge on any atom is 0.401 e. The molecule has 0 aliphatic carbocycles. The maximum atomic E-state index is 10.8. The molecule has 0 bridgehead atoms. The minimum Gasteiger partial charge on any atom is -0.473 e. The second-order valence-corrected chi connectivity index (χ2v) is 2.75. The summed E-state index contributed by atoms with van der Waals surface area (Å²) >= 11 is 0. The highest BCUT2D eigenvalue weighted by atomic mass is 16.4. The summed E-state index contributed by atoms with van der Waals surface area (Å²) in [6, 6.07) is 9.23. The van der Waals surface area contributed by atoms with Crippen molar-refractivity contribution in [1.29, 1.82) is 0 Å². The number of rotatable bonds is 1. The number of nitrogens with one attached hydrogen (secondary N) is 1. The fourth-order valence-electron chi connectivity index (χ4n) is 1.34. The van der Waals surface area contributed by atoms with Gasteiger partial charge in [-0.2, -0.15) is 0 Å². The molecule has 0 spiro atoms. The number of carbonyl (C=O) groups is 1. The highest BCUT2D eigenvalue weighted by molar-refractivity contribution is 5.99. The number of aromatic nitrogens is 1. The van der Waals surface area contributed by atoms with E-state index in [0.717, 1.165) is 10.8 Å². The summed E-state index contributed by atoms with van der Waals surface area (Å²) in [7, 11) is 0. The van der Waals surface area contributed by atoms with Crippen molar-refractivity contribution in [3.05, 3.63) is 42.2 Å². The first-order chi connectivity index (χ1) is 6.29. The van der Waals surface area contributed by atoms with Gasteiger partial charge in [-0.05, 0) is 11.5 Å². The normalized spacial score (nSPS) is 10.2. The lowest BCUT2D eigenvalue weighted by Gasteiger charge is -1.94. The number of hydrogen-bond acceptors (Lipinski definition) is 1. The number of H-pyrrole nitrogens is 1. The monoisotopic (exact) mass is 174 g/mol. The highest BCUT2D eigenvalue weighted by Crippen LogP contribution is 2.13. The van der Waals surface area contributed by atoms with Crippen LogP contribution in [0.15, 0.2) is 36.5 Å². The Morgan fingerprint density at radius 3 is 2.77 bits per heavy atom. The number of benzene rings is 1. The molecule has 0 atom stereocenters. The van der Waals surface area contributed by atoms with Crippen LogP contribution in [0.2, 0.25) is 0 Å². The van der Waals surface area contributed by atoms with Gasteiger partial charge in [0.2, 0.25) is 0 Å². The summed E-state index contributed by atoms with van der Waals surface area (Å²) in [5.41, 5.74) is 0.234. The fourth-order valence-corrected chi connectivity index (χ4v) is 1.34. The van der Waals surface area contributed by atoms with E-state index in [4.69, 9.17) is 5.11 Å². The average Bonchev–Trinajstić information content (AvgIpc) is 2.17. The van der Waals surface area contributed by atoms with Gasteiger partial charge < -0.3 is 5.11 Å². The van der Waals surface area contributed by atoms with Crippen LogP contribution >= 0.6 is 0 Å². The molecule has 1 heterocycles. The minimum atomic E-state index is -0.934. The first-order valence-electron chi connectivity index (χ1n) is 3.92. The van der Waals surface area contributed by atoms with Crippen LogP contribution in [-0.2, 0) is 0 Å². The first kappa shape index (κ1) is 7.73. The van der Waals surface area contributed by atoms with Crippen molar-refractivity contribution in [2.45, 2.75) is 0 Å². The predicted molar refractivity (Wildman–Crippen MR) is 47.5 cm³/mol. The molecule has 64 valence electrons. The van der Waals surface area contributed by atoms with Gasteiger partial charge in [-0.15, -0.1) is 0 Å². The molecule has 13 heavy (non-hydrogen) atoms. The smallest absolute Gasteiger partial charge is 0.401 e. The lowest BCUT2D eigenvalue weighted by molar-refractivity contribution is -0.381. The minimum absolute atomic E-state index is 0.234. The van der Waals surface area contributed by atoms with Gasteiger partial charge in [0.25, 0.3) is 5.69 Å². The van der Waals surface area contributed by atoms with E-state index in [1.54, 1.807) is 12.3 Å². The van der Waals surface area contributed by atoms with E-state index in [1.165, 1.54) is 0 Å². The van der Waals surface area contributed by atoms with E-state index < -0.39 is 5.97 Å². The van der Waals surface area contributed by atoms with E-state index in [2.05, 4.69) is 4.98 Å². The molecule has 0 fully saturated rings. The number of carboxylic acid groups (broad SMARTS) is 1. The van der Waals surface area contributed by atoms with E-state index in [0.29, 0.717) is 0 Å². The third-order valence-corrected chi connectivity index (χ3v) is 1.93. The van der Waals surface area contributed by atoms with Crippen LogP contribution in [0.5, 0.6) is 0 Å². The number of carboxylic acids is 1.